The average molecular weight is 1330 g/mol. The van der Waals surface area contributed by atoms with E-state index in [0.29, 0.717) is 25.7 Å². The van der Waals surface area contributed by atoms with E-state index in [1.54, 1.807) is 0 Å². The summed E-state index contributed by atoms with van der Waals surface area (Å²) in [7, 11) is -9.89. The van der Waals surface area contributed by atoms with Gasteiger partial charge in [0.05, 0.1) is 26.4 Å². The van der Waals surface area contributed by atoms with E-state index in [2.05, 4.69) is 34.6 Å². The number of aliphatic hydroxyl groups excluding tert-OH is 1. The van der Waals surface area contributed by atoms with Crippen molar-refractivity contribution in [1.82, 2.24) is 0 Å². The highest BCUT2D eigenvalue weighted by Gasteiger charge is 2.30. The van der Waals surface area contributed by atoms with Gasteiger partial charge in [0, 0.05) is 25.7 Å². The Morgan fingerprint density at radius 2 is 0.511 bits per heavy atom. The van der Waals surface area contributed by atoms with E-state index in [1.165, 1.54) is 173 Å². The molecular formula is C71H138O17P2. The SMILES string of the molecule is CCCCCCCCCCCCCCCCCCCCCCC(=O)O[C@H](COC(=O)CCCCCCCCCCCCCCC(C)C)COP(=O)(O)OC[C@@H](O)COP(=O)(O)OC[C@@H](COC(=O)CCCCCCCCC)OC(=O)CCCCCCCCCC. The Balaban J connectivity index is 5.14. The number of hydrogen-bond acceptors (Lipinski definition) is 15. The number of rotatable bonds is 71. The third-order valence-electron chi connectivity index (χ3n) is 16.5. The summed E-state index contributed by atoms with van der Waals surface area (Å²) in [6, 6.07) is 0. The van der Waals surface area contributed by atoms with Gasteiger partial charge in [0.15, 0.2) is 12.2 Å². The minimum atomic E-state index is -4.95. The molecule has 0 fully saturated rings. The number of esters is 4. The van der Waals surface area contributed by atoms with Gasteiger partial charge in [-0.25, -0.2) is 9.13 Å². The van der Waals surface area contributed by atoms with E-state index >= 15 is 0 Å². The van der Waals surface area contributed by atoms with Gasteiger partial charge in [-0.15, -0.1) is 0 Å². The maximum absolute atomic E-state index is 13.0. The molecule has 0 bridgehead atoms. The first-order valence-corrected chi connectivity index (χ1v) is 40.1. The lowest BCUT2D eigenvalue weighted by Gasteiger charge is -2.21. The van der Waals surface area contributed by atoms with Crippen LogP contribution >= 0.6 is 15.6 Å². The van der Waals surface area contributed by atoms with Gasteiger partial charge in [-0.1, -0.05) is 317 Å². The molecule has 0 aromatic rings. The Morgan fingerprint density at radius 3 is 0.756 bits per heavy atom. The number of unbranched alkanes of at least 4 members (excludes halogenated alkanes) is 43. The number of phosphoric ester groups is 2. The van der Waals surface area contributed by atoms with Crippen LogP contribution in [0.4, 0.5) is 0 Å². The molecule has 0 spiro atoms. The van der Waals surface area contributed by atoms with E-state index in [4.69, 9.17) is 37.0 Å². The Kier molecular flexibility index (Phi) is 63.0. The van der Waals surface area contributed by atoms with Crippen molar-refractivity contribution >= 4 is 39.5 Å². The minimum absolute atomic E-state index is 0.105. The highest BCUT2D eigenvalue weighted by molar-refractivity contribution is 7.47. The fraction of sp³-hybridized carbons (Fsp3) is 0.944. The standard InChI is InChI=1S/C71H138O17P2/c1-6-9-12-15-18-20-21-22-23-24-25-26-27-28-29-34-37-42-47-52-57-71(76)88-67(61-82-69(74)55-50-45-41-36-33-31-30-32-35-39-43-48-53-64(4)5)63-86-90(79,80)84-59-65(72)58-83-89(77,78)85-62-66(60-81-68(73)54-49-44-38-17-14-11-8-3)87-70(75)56-51-46-40-19-16-13-10-7-2/h64-67,72H,6-63H2,1-5H3,(H,77,78)(H,79,80)/t65-,66+,67+/m0/s1. The number of aliphatic hydroxyl groups is 1. The quantitative estimate of drug-likeness (QED) is 0.0222. The molecule has 0 heterocycles. The molecule has 2 unspecified atom stereocenters. The van der Waals surface area contributed by atoms with Crippen LogP contribution in [0, 0.1) is 5.92 Å². The van der Waals surface area contributed by atoms with Crippen LogP contribution in [0.2, 0.25) is 0 Å². The molecule has 0 saturated carbocycles. The largest absolute Gasteiger partial charge is 0.472 e. The molecule has 19 heteroatoms. The predicted octanol–water partition coefficient (Wildman–Crippen LogP) is 20.5. The second-order valence-electron chi connectivity index (χ2n) is 26.1. The van der Waals surface area contributed by atoms with Crippen LogP contribution in [0.3, 0.4) is 0 Å². The monoisotopic (exact) mass is 1320 g/mol. The van der Waals surface area contributed by atoms with Gasteiger partial charge < -0.3 is 33.8 Å². The summed E-state index contributed by atoms with van der Waals surface area (Å²) in [6.45, 7) is 7.19. The van der Waals surface area contributed by atoms with E-state index in [9.17, 15) is 43.2 Å². The molecule has 0 amide bonds. The molecule has 0 aromatic heterocycles. The van der Waals surface area contributed by atoms with E-state index in [1.807, 2.05) is 0 Å². The van der Waals surface area contributed by atoms with Crippen LogP contribution in [0.25, 0.3) is 0 Å². The molecule has 5 atom stereocenters. The maximum Gasteiger partial charge on any atom is 0.472 e. The molecule has 534 valence electrons. The fourth-order valence-corrected chi connectivity index (χ4v) is 12.4. The Hall–Kier alpha value is -1.94. The highest BCUT2D eigenvalue weighted by Crippen LogP contribution is 2.45. The van der Waals surface area contributed by atoms with Crippen molar-refractivity contribution in [3.8, 4) is 0 Å². The number of phosphoric acid groups is 2. The second kappa shape index (κ2) is 64.4. The van der Waals surface area contributed by atoms with E-state index < -0.39 is 97.5 Å². The van der Waals surface area contributed by atoms with Gasteiger partial charge in [0.2, 0.25) is 0 Å². The third kappa shape index (κ3) is 64.8. The zero-order valence-corrected chi connectivity index (χ0v) is 60.1. The zero-order valence-electron chi connectivity index (χ0n) is 58.3. The van der Waals surface area contributed by atoms with Gasteiger partial charge in [-0.05, 0) is 31.6 Å². The first kappa shape index (κ1) is 88.1. The Bertz CT molecular complexity index is 1740. The summed E-state index contributed by atoms with van der Waals surface area (Å²) in [5.41, 5.74) is 0. The van der Waals surface area contributed by atoms with Crippen LogP contribution in [0.15, 0.2) is 0 Å². The van der Waals surface area contributed by atoms with Gasteiger partial charge in [-0.2, -0.15) is 0 Å². The van der Waals surface area contributed by atoms with E-state index in [0.717, 1.165) is 115 Å². The lowest BCUT2D eigenvalue weighted by atomic mass is 10.0. The number of ether oxygens (including phenoxy) is 4. The van der Waals surface area contributed by atoms with Gasteiger partial charge in [0.1, 0.15) is 19.3 Å². The van der Waals surface area contributed by atoms with Crippen molar-refractivity contribution in [3.05, 3.63) is 0 Å². The molecule has 0 aliphatic rings. The molecule has 0 aliphatic carbocycles. The van der Waals surface area contributed by atoms with Crippen molar-refractivity contribution in [2.24, 2.45) is 5.92 Å². The summed E-state index contributed by atoms with van der Waals surface area (Å²) in [4.78, 5) is 72.3. The number of carbonyl (C=O) groups is 4. The van der Waals surface area contributed by atoms with Crippen LogP contribution in [-0.2, 0) is 65.4 Å². The summed E-state index contributed by atoms with van der Waals surface area (Å²) in [5, 5.41) is 10.6. The fourth-order valence-electron chi connectivity index (χ4n) is 10.8. The third-order valence-corrected chi connectivity index (χ3v) is 18.4. The first-order valence-electron chi connectivity index (χ1n) is 37.1. The van der Waals surface area contributed by atoms with Gasteiger partial charge in [-0.3, -0.25) is 37.3 Å². The maximum atomic E-state index is 13.0. The smallest absolute Gasteiger partial charge is 0.462 e. The average Bonchev–Trinajstić information content (AvgIpc) is 3.32. The predicted molar refractivity (Wildman–Crippen MR) is 363 cm³/mol. The summed E-state index contributed by atoms with van der Waals surface area (Å²) in [6.07, 6.45) is 51.7. The molecular weight excluding hydrogens is 1190 g/mol. The van der Waals surface area contributed by atoms with E-state index in [-0.39, 0.29) is 25.7 Å². The highest BCUT2D eigenvalue weighted by atomic mass is 31.2. The van der Waals surface area contributed by atoms with Crippen molar-refractivity contribution < 1.29 is 80.2 Å². The Morgan fingerprint density at radius 1 is 0.300 bits per heavy atom. The van der Waals surface area contributed by atoms with Crippen LogP contribution in [-0.4, -0.2) is 96.7 Å². The number of carbonyl (C=O) groups excluding carboxylic acids is 4. The molecule has 0 aromatic carbocycles. The topological polar surface area (TPSA) is 237 Å². The zero-order chi connectivity index (χ0) is 66.3. The molecule has 0 rings (SSSR count). The lowest BCUT2D eigenvalue weighted by Crippen LogP contribution is -2.30. The molecule has 0 radical (unpaired) electrons. The van der Waals surface area contributed by atoms with Crippen LogP contribution in [0.1, 0.15) is 369 Å². The first-order chi connectivity index (χ1) is 43.5. The lowest BCUT2D eigenvalue weighted by molar-refractivity contribution is -0.161. The summed E-state index contributed by atoms with van der Waals surface area (Å²) in [5.74, 6) is -1.35. The molecule has 90 heavy (non-hydrogen) atoms. The van der Waals surface area contributed by atoms with Crippen molar-refractivity contribution in [1.29, 1.82) is 0 Å². The molecule has 3 N–H and O–H groups in total. The molecule has 17 nitrogen and oxygen atoms in total. The molecule has 0 saturated heterocycles. The van der Waals surface area contributed by atoms with Gasteiger partial charge in [0.25, 0.3) is 0 Å². The van der Waals surface area contributed by atoms with Crippen molar-refractivity contribution in [2.45, 2.75) is 387 Å². The second-order valence-corrected chi connectivity index (χ2v) is 29.0. The Labute approximate surface area is 549 Å². The van der Waals surface area contributed by atoms with Crippen LogP contribution in [0.5, 0.6) is 0 Å². The van der Waals surface area contributed by atoms with Crippen LogP contribution < -0.4 is 0 Å². The normalized spacial score (nSPS) is 14.1. The summed E-state index contributed by atoms with van der Waals surface area (Å²) >= 11 is 0. The van der Waals surface area contributed by atoms with Crippen molar-refractivity contribution in [2.75, 3.05) is 39.6 Å². The minimum Gasteiger partial charge on any atom is -0.462 e. The summed E-state index contributed by atoms with van der Waals surface area (Å²) < 4.78 is 68.1. The number of hydrogen-bond donors (Lipinski definition) is 3. The molecule has 0 aliphatic heterocycles. The van der Waals surface area contributed by atoms with Gasteiger partial charge >= 0.3 is 39.5 Å². The van der Waals surface area contributed by atoms with Crippen molar-refractivity contribution in [3.63, 3.8) is 0 Å².